The molecule has 0 bridgehead atoms. The van der Waals surface area contributed by atoms with Crippen LogP contribution in [0.4, 0.5) is 0 Å². The number of hydrogen-bond acceptors (Lipinski definition) is 5. The molecule has 4 atom stereocenters. The third-order valence-electron chi connectivity index (χ3n) is 7.21. The number of carbonyl (C=O) groups excluding carboxylic acids is 1. The first-order valence-corrected chi connectivity index (χ1v) is 11.2. The third kappa shape index (κ3) is 4.69. The summed E-state index contributed by atoms with van der Waals surface area (Å²) in [5, 5.41) is 3.35. The van der Waals surface area contributed by atoms with Gasteiger partial charge in [-0.05, 0) is 42.9 Å². The topological polar surface area (TPSA) is 54.0 Å². The van der Waals surface area contributed by atoms with Gasteiger partial charge in [0.15, 0.2) is 11.5 Å². The van der Waals surface area contributed by atoms with Crippen LogP contribution >= 0.6 is 0 Å². The molecule has 0 spiro atoms. The van der Waals surface area contributed by atoms with Crippen LogP contribution < -0.4 is 14.8 Å². The number of amides is 1. The number of piperazine rings is 1. The Kier molecular flexibility index (Phi) is 6.30. The van der Waals surface area contributed by atoms with Crippen molar-refractivity contribution < 1.29 is 14.3 Å². The van der Waals surface area contributed by atoms with Crippen LogP contribution in [0.1, 0.15) is 45.6 Å². The molecule has 6 nitrogen and oxygen atoms in total. The zero-order chi connectivity index (χ0) is 20.4. The molecule has 0 unspecified atom stereocenters. The van der Waals surface area contributed by atoms with E-state index < -0.39 is 0 Å². The Bertz CT molecular complexity index is 717. The highest BCUT2D eigenvalue weighted by atomic mass is 16.7. The second-order valence-electron chi connectivity index (χ2n) is 9.06. The fraction of sp³-hybridized carbons (Fsp3) is 0.696. The molecule has 0 aromatic heterocycles. The van der Waals surface area contributed by atoms with Crippen molar-refractivity contribution in [1.29, 1.82) is 0 Å². The lowest BCUT2D eigenvalue weighted by molar-refractivity contribution is -0.128. The SMILES string of the molecule is C[C@H]1[C@@H](NC(=O)[C@@H](C)N2CCN(Cc3ccc4c(c3)OCO4)CC2)CCC[C@@H]1C. The number of nitrogens with zero attached hydrogens (tertiary/aromatic N) is 2. The number of ether oxygens (including phenoxy) is 2. The average molecular weight is 402 g/mol. The van der Waals surface area contributed by atoms with Crippen LogP contribution in [0.3, 0.4) is 0 Å². The molecule has 3 aliphatic rings. The zero-order valence-corrected chi connectivity index (χ0v) is 18.0. The molecule has 1 aromatic carbocycles. The van der Waals surface area contributed by atoms with E-state index in [0.717, 1.165) is 50.6 Å². The summed E-state index contributed by atoms with van der Waals surface area (Å²) in [5.74, 6) is 3.14. The minimum atomic E-state index is -0.0628. The second-order valence-corrected chi connectivity index (χ2v) is 9.06. The molecular formula is C23H35N3O3. The van der Waals surface area contributed by atoms with Gasteiger partial charge in [0.1, 0.15) is 0 Å². The summed E-state index contributed by atoms with van der Waals surface area (Å²) in [7, 11) is 0. The van der Waals surface area contributed by atoms with Gasteiger partial charge in [-0.15, -0.1) is 0 Å². The minimum Gasteiger partial charge on any atom is -0.454 e. The highest BCUT2D eigenvalue weighted by Gasteiger charge is 2.31. The van der Waals surface area contributed by atoms with Crippen molar-refractivity contribution in [3.63, 3.8) is 0 Å². The second kappa shape index (κ2) is 8.92. The molecule has 0 radical (unpaired) electrons. The molecule has 1 saturated heterocycles. The van der Waals surface area contributed by atoms with Crippen molar-refractivity contribution in [2.45, 2.75) is 58.7 Å². The fourth-order valence-electron chi connectivity index (χ4n) is 4.86. The predicted molar refractivity (Wildman–Crippen MR) is 113 cm³/mol. The Labute approximate surface area is 174 Å². The van der Waals surface area contributed by atoms with Gasteiger partial charge in [0.25, 0.3) is 0 Å². The maximum absolute atomic E-state index is 12.9. The number of nitrogens with one attached hydrogen (secondary N) is 1. The van der Waals surface area contributed by atoms with Crippen LogP contribution in [-0.4, -0.2) is 60.8 Å². The molecule has 1 N–H and O–H groups in total. The van der Waals surface area contributed by atoms with Gasteiger partial charge in [0.05, 0.1) is 6.04 Å². The lowest BCUT2D eigenvalue weighted by Gasteiger charge is -2.39. The van der Waals surface area contributed by atoms with Gasteiger partial charge in [-0.1, -0.05) is 32.8 Å². The zero-order valence-electron chi connectivity index (χ0n) is 18.0. The maximum atomic E-state index is 12.9. The van der Waals surface area contributed by atoms with E-state index in [1.54, 1.807) is 0 Å². The highest BCUT2D eigenvalue weighted by molar-refractivity contribution is 5.81. The molecule has 6 heteroatoms. The molecule has 4 rings (SSSR count). The normalized spacial score (nSPS) is 28.9. The molecule has 1 saturated carbocycles. The molecule has 1 amide bonds. The van der Waals surface area contributed by atoms with E-state index >= 15 is 0 Å². The van der Waals surface area contributed by atoms with E-state index in [2.05, 4.69) is 48.0 Å². The Hall–Kier alpha value is -1.79. The summed E-state index contributed by atoms with van der Waals surface area (Å²) in [6.45, 7) is 11.7. The monoisotopic (exact) mass is 401 g/mol. The molecule has 2 fully saturated rings. The summed E-state index contributed by atoms with van der Waals surface area (Å²) in [4.78, 5) is 17.6. The Morgan fingerprint density at radius 1 is 1.14 bits per heavy atom. The summed E-state index contributed by atoms with van der Waals surface area (Å²) in [6.07, 6.45) is 3.63. The number of fused-ring (bicyclic) bond motifs is 1. The van der Waals surface area contributed by atoms with E-state index in [9.17, 15) is 4.79 Å². The van der Waals surface area contributed by atoms with E-state index in [1.807, 2.05) is 6.07 Å². The van der Waals surface area contributed by atoms with Gasteiger partial charge in [-0.2, -0.15) is 0 Å². The minimum absolute atomic E-state index is 0.0628. The lowest BCUT2D eigenvalue weighted by Crippen LogP contribution is -2.56. The van der Waals surface area contributed by atoms with Crippen LogP contribution in [0.25, 0.3) is 0 Å². The predicted octanol–water partition coefficient (Wildman–Crippen LogP) is 2.86. The first kappa shape index (κ1) is 20.5. The van der Waals surface area contributed by atoms with Gasteiger partial charge in [-0.3, -0.25) is 14.6 Å². The number of rotatable bonds is 5. The van der Waals surface area contributed by atoms with E-state index in [1.165, 1.54) is 18.4 Å². The largest absolute Gasteiger partial charge is 0.454 e. The summed E-state index contributed by atoms with van der Waals surface area (Å²) in [6, 6.07) is 6.46. The number of benzene rings is 1. The molecule has 160 valence electrons. The van der Waals surface area contributed by atoms with Gasteiger partial charge >= 0.3 is 0 Å². The Morgan fingerprint density at radius 2 is 1.90 bits per heavy atom. The van der Waals surface area contributed by atoms with E-state index in [4.69, 9.17) is 9.47 Å². The number of carbonyl (C=O) groups is 1. The standard InChI is InChI=1S/C23H35N3O3/c1-16-5-4-6-20(17(16)2)24-23(27)18(3)26-11-9-25(10-12-26)14-19-7-8-21-22(13-19)29-15-28-21/h7-8,13,16-18,20H,4-6,9-12,14-15H2,1-3H3,(H,24,27)/t16-,17+,18+,20-/m0/s1. The fourth-order valence-corrected chi connectivity index (χ4v) is 4.86. The quantitative estimate of drug-likeness (QED) is 0.822. The van der Waals surface area contributed by atoms with Crippen molar-refractivity contribution >= 4 is 5.91 Å². The van der Waals surface area contributed by atoms with Crippen LogP contribution in [0.15, 0.2) is 18.2 Å². The van der Waals surface area contributed by atoms with Gasteiger partial charge in [0.2, 0.25) is 12.7 Å². The van der Waals surface area contributed by atoms with Crippen LogP contribution in [0.2, 0.25) is 0 Å². The smallest absolute Gasteiger partial charge is 0.237 e. The van der Waals surface area contributed by atoms with Gasteiger partial charge in [-0.25, -0.2) is 0 Å². The van der Waals surface area contributed by atoms with Crippen molar-refractivity contribution in [3.8, 4) is 11.5 Å². The number of hydrogen-bond donors (Lipinski definition) is 1. The molecule has 1 aromatic rings. The molecule has 2 aliphatic heterocycles. The van der Waals surface area contributed by atoms with Crippen LogP contribution in [0.5, 0.6) is 11.5 Å². The molecular weight excluding hydrogens is 366 g/mol. The summed E-state index contributed by atoms with van der Waals surface area (Å²) < 4.78 is 10.9. The summed E-state index contributed by atoms with van der Waals surface area (Å²) >= 11 is 0. The van der Waals surface area contributed by atoms with Crippen LogP contribution in [-0.2, 0) is 11.3 Å². The third-order valence-corrected chi connectivity index (χ3v) is 7.21. The Balaban J connectivity index is 1.25. The van der Waals surface area contributed by atoms with Crippen molar-refractivity contribution in [2.75, 3.05) is 33.0 Å². The van der Waals surface area contributed by atoms with Crippen molar-refractivity contribution in [3.05, 3.63) is 23.8 Å². The van der Waals surface area contributed by atoms with Gasteiger partial charge < -0.3 is 14.8 Å². The van der Waals surface area contributed by atoms with Crippen molar-refractivity contribution in [1.82, 2.24) is 15.1 Å². The molecule has 1 aliphatic carbocycles. The Morgan fingerprint density at radius 3 is 2.69 bits per heavy atom. The molecule has 29 heavy (non-hydrogen) atoms. The van der Waals surface area contributed by atoms with Crippen molar-refractivity contribution in [2.24, 2.45) is 11.8 Å². The highest BCUT2D eigenvalue weighted by Crippen LogP contribution is 2.33. The lowest BCUT2D eigenvalue weighted by atomic mass is 9.78. The van der Waals surface area contributed by atoms with Gasteiger partial charge in [0, 0.05) is 38.8 Å². The van der Waals surface area contributed by atoms with Crippen LogP contribution in [0, 0.1) is 11.8 Å². The average Bonchev–Trinajstić information content (AvgIpc) is 3.19. The summed E-state index contributed by atoms with van der Waals surface area (Å²) in [5.41, 5.74) is 1.24. The molecule has 2 heterocycles. The first-order valence-electron chi connectivity index (χ1n) is 11.2. The first-order chi connectivity index (χ1) is 14.0. The maximum Gasteiger partial charge on any atom is 0.237 e. The van der Waals surface area contributed by atoms with E-state index in [0.29, 0.717) is 24.7 Å². The van der Waals surface area contributed by atoms with E-state index in [-0.39, 0.29) is 11.9 Å².